The van der Waals surface area contributed by atoms with Crippen LogP contribution < -0.4 is 10.6 Å². The minimum Gasteiger partial charge on any atom is -0.369 e. The first-order valence-electron chi connectivity index (χ1n) is 8.27. The average Bonchev–Trinajstić information content (AvgIpc) is 2.55. The molecular formula is C17H28N6O. The number of pyridine rings is 1. The Hall–Kier alpha value is -2.31. The molecule has 2 heterocycles. The summed E-state index contributed by atoms with van der Waals surface area (Å²) in [6.45, 7) is 2.18. The molecule has 2 N–H and O–H groups in total. The molecule has 1 aliphatic heterocycles. The summed E-state index contributed by atoms with van der Waals surface area (Å²) >= 11 is 0. The monoisotopic (exact) mass is 332 g/mol. The van der Waals surface area contributed by atoms with E-state index in [-0.39, 0.29) is 11.8 Å². The van der Waals surface area contributed by atoms with Crippen molar-refractivity contribution in [2.75, 3.05) is 46.2 Å². The minimum absolute atomic E-state index is 0.0134. The van der Waals surface area contributed by atoms with Crippen molar-refractivity contribution in [1.29, 1.82) is 0 Å². The first-order chi connectivity index (χ1) is 11.4. The summed E-state index contributed by atoms with van der Waals surface area (Å²) in [7, 11) is 7.93. The highest BCUT2D eigenvalue weighted by atomic mass is 16.1. The highest BCUT2D eigenvalue weighted by Crippen LogP contribution is 2.25. The number of nitrogens with zero attached hydrogens (tertiary/aromatic N) is 5. The van der Waals surface area contributed by atoms with Gasteiger partial charge < -0.3 is 20.4 Å². The maximum absolute atomic E-state index is 11.3. The number of primary amides is 1. The summed E-state index contributed by atoms with van der Waals surface area (Å²) in [6.07, 6.45) is 3.38. The Balaban J connectivity index is 2.14. The minimum atomic E-state index is -0.192. The molecular weight excluding hydrogens is 304 g/mol. The summed E-state index contributed by atoms with van der Waals surface area (Å²) in [5, 5.41) is 0. The molecule has 0 atom stereocenters. The smallest absolute Gasteiger partial charge is 0.220 e. The van der Waals surface area contributed by atoms with E-state index in [1.165, 1.54) is 0 Å². The van der Waals surface area contributed by atoms with E-state index in [1.54, 1.807) is 0 Å². The van der Waals surface area contributed by atoms with Crippen molar-refractivity contribution in [2.45, 2.75) is 19.4 Å². The van der Waals surface area contributed by atoms with Crippen LogP contribution in [0.3, 0.4) is 0 Å². The number of carbonyl (C=O) groups is 1. The van der Waals surface area contributed by atoms with E-state index in [9.17, 15) is 4.79 Å². The number of hydrogen-bond acceptors (Lipinski definition) is 4. The zero-order valence-corrected chi connectivity index (χ0v) is 15.1. The van der Waals surface area contributed by atoms with Gasteiger partial charge in [-0.1, -0.05) is 6.07 Å². The third kappa shape index (κ3) is 4.37. The van der Waals surface area contributed by atoms with Gasteiger partial charge in [-0.2, -0.15) is 0 Å². The number of hydrogen-bond donors (Lipinski definition) is 1. The molecule has 0 radical (unpaired) electrons. The Morgan fingerprint density at radius 1 is 1.29 bits per heavy atom. The van der Waals surface area contributed by atoms with Crippen molar-refractivity contribution in [2.24, 2.45) is 16.6 Å². The van der Waals surface area contributed by atoms with E-state index in [1.807, 2.05) is 50.3 Å². The molecule has 0 unspecified atom stereocenters. The van der Waals surface area contributed by atoms with Crippen molar-refractivity contribution < 1.29 is 4.79 Å². The lowest BCUT2D eigenvalue weighted by molar-refractivity contribution is -0.122. The normalized spacial score (nSPS) is 15.1. The van der Waals surface area contributed by atoms with Crippen LogP contribution in [0.25, 0.3) is 0 Å². The van der Waals surface area contributed by atoms with Gasteiger partial charge in [-0.25, -0.2) is 9.98 Å². The van der Waals surface area contributed by atoms with Gasteiger partial charge in [0.25, 0.3) is 0 Å². The number of piperidine rings is 1. The van der Waals surface area contributed by atoms with Crippen molar-refractivity contribution in [1.82, 2.24) is 14.8 Å². The van der Waals surface area contributed by atoms with Crippen molar-refractivity contribution in [3.63, 3.8) is 0 Å². The number of aromatic nitrogens is 1. The quantitative estimate of drug-likeness (QED) is 0.651. The Labute approximate surface area is 144 Å². The Morgan fingerprint density at radius 3 is 2.46 bits per heavy atom. The number of carbonyl (C=O) groups excluding carboxylic acids is 1. The van der Waals surface area contributed by atoms with Crippen LogP contribution in [0.1, 0.15) is 18.4 Å². The SMILES string of the molecule is CN(C)C(=NCc1cccnc1N1CCC(C(N)=O)CC1)N(C)C. The highest BCUT2D eigenvalue weighted by molar-refractivity contribution is 5.79. The van der Waals surface area contributed by atoms with Gasteiger partial charge in [-0.3, -0.25) is 4.79 Å². The third-order valence-electron chi connectivity index (χ3n) is 4.26. The van der Waals surface area contributed by atoms with Gasteiger partial charge in [0.2, 0.25) is 5.91 Å². The van der Waals surface area contributed by atoms with Crippen LogP contribution in [-0.2, 0) is 11.3 Å². The van der Waals surface area contributed by atoms with E-state index in [0.717, 1.165) is 43.3 Å². The lowest BCUT2D eigenvalue weighted by Crippen LogP contribution is -2.39. The van der Waals surface area contributed by atoms with Crippen molar-refractivity contribution in [3.8, 4) is 0 Å². The zero-order valence-electron chi connectivity index (χ0n) is 15.1. The van der Waals surface area contributed by atoms with Crippen LogP contribution in [-0.4, -0.2) is 67.9 Å². The average molecular weight is 332 g/mol. The summed E-state index contributed by atoms with van der Waals surface area (Å²) in [6, 6.07) is 4.00. The number of amides is 1. The third-order valence-corrected chi connectivity index (χ3v) is 4.26. The van der Waals surface area contributed by atoms with Crippen molar-refractivity contribution >= 4 is 17.7 Å². The van der Waals surface area contributed by atoms with Crippen LogP contribution in [0, 0.1) is 5.92 Å². The van der Waals surface area contributed by atoms with E-state index in [4.69, 9.17) is 10.7 Å². The second-order valence-electron chi connectivity index (χ2n) is 6.55. The number of guanidine groups is 1. The van der Waals surface area contributed by atoms with Gasteiger partial charge in [0.05, 0.1) is 6.54 Å². The van der Waals surface area contributed by atoms with Gasteiger partial charge in [0.15, 0.2) is 5.96 Å². The fraction of sp³-hybridized carbons (Fsp3) is 0.588. The number of anilines is 1. The predicted molar refractivity (Wildman–Crippen MR) is 96.9 cm³/mol. The molecule has 0 aliphatic carbocycles. The lowest BCUT2D eigenvalue weighted by atomic mass is 9.96. The number of nitrogens with two attached hydrogens (primary N) is 1. The molecule has 1 saturated heterocycles. The zero-order chi connectivity index (χ0) is 17.7. The van der Waals surface area contributed by atoms with Crippen LogP contribution in [0.4, 0.5) is 5.82 Å². The first-order valence-corrected chi connectivity index (χ1v) is 8.27. The van der Waals surface area contributed by atoms with E-state index in [0.29, 0.717) is 6.54 Å². The Bertz CT molecular complexity index is 580. The van der Waals surface area contributed by atoms with Crippen LogP contribution in [0.15, 0.2) is 23.3 Å². The maximum Gasteiger partial charge on any atom is 0.220 e. The number of rotatable bonds is 4. The molecule has 1 fully saturated rings. The van der Waals surface area contributed by atoms with Gasteiger partial charge >= 0.3 is 0 Å². The predicted octanol–water partition coefficient (Wildman–Crippen LogP) is 0.763. The summed E-state index contributed by atoms with van der Waals surface area (Å²) in [5.74, 6) is 1.67. The molecule has 1 aromatic heterocycles. The molecule has 132 valence electrons. The molecule has 0 saturated carbocycles. The van der Waals surface area contributed by atoms with E-state index < -0.39 is 0 Å². The molecule has 1 aliphatic rings. The molecule has 24 heavy (non-hydrogen) atoms. The van der Waals surface area contributed by atoms with Gasteiger partial charge in [0.1, 0.15) is 5.82 Å². The van der Waals surface area contributed by atoms with Crippen LogP contribution in [0.2, 0.25) is 0 Å². The summed E-state index contributed by atoms with van der Waals surface area (Å²) in [5.41, 5.74) is 6.51. The fourth-order valence-corrected chi connectivity index (χ4v) is 3.05. The Morgan fingerprint density at radius 2 is 1.92 bits per heavy atom. The second-order valence-corrected chi connectivity index (χ2v) is 6.55. The number of aliphatic imine (C=N–C) groups is 1. The fourth-order valence-electron chi connectivity index (χ4n) is 3.05. The summed E-state index contributed by atoms with van der Waals surface area (Å²) < 4.78 is 0. The molecule has 2 rings (SSSR count). The molecule has 0 spiro atoms. The molecule has 7 nitrogen and oxygen atoms in total. The van der Waals surface area contributed by atoms with E-state index in [2.05, 4.69) is 16.0 Å². The Kier molecular flexibility index (Phi) is 6.00. The standard InChI is InChI=1S/C17H28N6O/c1-21(2)17(22(3)4)20-12-14-6-5-9-19-16(14)23-10-7-13(8-11-23)15(18)24/h5-6,9,13H,7-8,10-12H2,1-4H3,(H2,18,24). The first kappa shape index (κ1) is 18.0. The van der Waals surface area contributed by atoms with Gasteiger partial charge in [-0.05, 0) is 18.9 Å². The maximum atomic E-state index is 11.3. The second kappa shape index (κ2) is 7.99. The van der Waals surface area contributed by atoms with Gasteiger partial charge in [-0.15, -0.1) is 0 Å². The van der Waals surface area contributed by atoms with Gasteiger partial charge in [0, 0.05) is 59.0 Å². The van der Waals surface area contributed by atoms with Crippen LogP contribution in [0.5, 0.6) is 0 Å². The van der Waals surface area contributed by atoms with E-state index >= 15 is 0 Å². The lowest BCUT2D eigenvalue weighted by Gasteiger charge is -2.32. The highest BCUT2D eigenvalue weighted by Gasteiger charge is 2.24. The molecule has 1 amide bonds. The van der Waals surface area contributed by atoms with Crippen LogP contribution >= 0.6 is 0 Å². The molecule has 1 aromatic rings. The topological polar surface area (TPSA) is 78.1 Å². The molecule has 0 aromatic carbocycles. The largest absolute Gasteiger partial charge is 0.369 e. The summed E-state index contributed by atoms with van der Waals surface area (Å²) in [4.78, 5) is 26.8. The van der Waals surface area contributed by atoms with Crippen molar-refractivity contribution in [3.05, 3.63) is 23.9 Å². The molecule has 0 bridgehead atoms. The molecule has 7 heteroatoms.